The van der Waals surface area contributed by atoms with Crippen molar-refractivity contribution in [3.05, 3.63) is 57.6 Å². The van der Waals surface area contributed by atoms with Gasteiger partial charge in [-0.15, -0.1) is 0 Å². The first kappa shape index (κ1) is 18.3. The Morgan fingerprint density at radius 3 is 2.64 bits per heavy atom. The summed E-state index contributed by atoms with van der Waals surface area (Å²) >= 11 is 0. The molecule has 0 unspecified atom stereocenters. The number of ether oxygens (including phenoxy) is 2. The average Bonchev–Trinajstić information content (AvgIpc) is 3.05. The molecule has 7 heteroatoms. The van der Waals surface area contributed by atoms with Crippen molar-refractivity contribution in [2.24, 2.45) is 0 Å². The van der Waals surface area contributed by atoms with Crippen LogP contribution in [0.15, 0.2) is 36.4 Å². The average molecular weight is 382 g/mol. The van der Waals surface area contributed by atoms with Gasteiger partial charge in [-0.2, -0.15) is 0 Å². The second-order valence-corrected chi connectivity index (χ2v) is 7.12. The van der Waals surface area contributed by atoms with Crippen LogP contribution < -0.4 is 14.4 Å². The number of Topliss-reactive ketones (excluding diaryl/α,β-unsaturated/α-hetero) is 1. The number of nitro groups is 1. The normalized spacial score (nSPS) is 18.6. The van der Waals surface area contributed by atoms with Crippen molar-refractivity contribution in [3.8, 4) is 11.5 Å². The number of hydrogen-bond donors (Lipinski definition) is 0. The molecule has 2 heterocycles. The number of carbonyl (C=O) groups excluding carboxylic acids is 1. The van der Waals surface area contributed by atoms with Gasteiger partial charge in [0.15, 0.2) is 17.3 Å². The maximum atomic E-state index is 11.7. The highest BCUT2D eigenvalue weighted by molar-refractivity contribution is 5.95. The maximum Gasteiger partial charge on any atom is 0.293 e. The first-order valence-electron chi connectivity index (χ1n) is 9.50. The SMILES string of the molecule is CC(=O)c1ccc(N2CCC[C@@H]2c2ccc3c(c2)OCCCO3)c([N+](=O)[O-])c1. The topological polar surface area (TPSA) is 81.9 Å². The number of ketones is 1. The molecule has 0 spiro atoms. The summed E-state index contributed by atoms with van der Waals surface area (Å²) in [5, 5.41) is 11.7. The number of hydrogen-bond acceptors (Lipinski definition) is 6. The lowest BCUT2D eigenvalue weighted by Crippen LogP contribution is -2.23. The predicted molar refractivity (Wildman–Crippen MR) is 104 cm³/mol. The van der Waals surface area contributed by atoms with Gasteiger partial charge < -0.3 is 14.4 Å². The second-order valence-electron chi connectivity index (χ2n) is 7.12. The molecule has 2 aromatic rings. The number of rotatable bonds is 4. The molecule has 1 atom stereocenters. The first-order valence-corrected chi connectivity index (χ1v) is 9.50. The molecule has 1 saturated heterocycles. The number of benzene rings is 2. The van der Waals surface area contributed by atoms with Crippen LogP contribution in [0.5, 0.6) is 11.5 Å². The molecule has 4 rings (SSSR count). The van der Waals surface area contributed by atoms with Gasteiger partial charge in [-0.25, -0.2) is 0 Å². The summed E-state index contributed by atoms with van der Waals surface area (Å²) in [6, 6.07) is 10.6. The molecular formula is C21H22N2O5. The summed E-state index contributed by atoms with van der Waals surface area (Å²) in [5.41, 5.74) is 1.91. The van der Waals surface area contributed by atoms with E-state index in [1.807, 2.05) is 18.2 Å². The van der Waals surface area contributed by atoms with Crippen molar-refractivity contribution in [3.63, 3.8) is 0 Å². The molecule has 0 radical (unpaired) electrons. The van der Waals surface area contributed by atoms with Gasteiger partial charge >= 0.3 is 0 Å². The van der Waals surface area contributed by atoms with Gasteiger partial charge in [-0.05, 0) is 49.6 Å². The van der Waals surface area contributed by atoms with Gasteiger partial charge in [-0.1, -0.05) is 6.07 Å². The number of fused-ring (bicyclic) bond motifs is 1. The Morgan fingerprint density at radius 1 is 1.11 bits per heavy atom. The van der Waals surface area contributed by atoms with E-state index >= 15 is 0 Å². The van der Waals surface area contributed by atoms with E-state index in [9.17, 15) is 14.9 Å². The second kappa shape index (κ2) is 7.50. The lowest BCUT2D eigenvalue weighted by Gasteiger charge is -2.27. The smallest absolute Gasteiger partial charge is 0.293 e. The molecule has 0 amide bonds. The van der Waals surface area contributed by atoms with Crippen LogP contribution in [-0.4, -0.2) is 30.5 Å². The minimum absolute atomic E-state index is 0.0130. The number of nitro benzene ring substituents is 1. The zero-order valence-corrected chi connectivity index (χ0v) is 15.7. The van der Waals surface area contributed by atoms with Crippen LogP contribution in [0.4, 0.5) is 11.4 Å². The Kier molecular flexibility index (Phi) is 4.90. The zero-order valence-electron chi connectivity index (χ0n) is 15.7. The van der Waals surface area contributed by atoms with E-state index in [2.05, 4.69) is 4.90 Å². The van der Waals surface area contributed by atoms with Crippen molar-refractivity contribution in [1.29, 1.82) is 0 Å². The van der Waals surface area contributed by atoms with Crippen LogP contribution in [0.25, 0.3) is 0 Å². The summed E-state index contributed by atoms with van der Waals surface area (Å²) < 4.78 is 11.5. The predicted octanol–water partition coefficient (Wildman–Crippen LogP) is 4.30. The highest BCUT2D eigenvalue weighted by Gasteiger charge is 2.32. The molecule has 28 heavy (non-hydrogen) atoms. The van der Waals surface area contributed by atoms with E-state index in [0.29, 0.717) is 24.5 Å². The third-order valence-corrected chi connectivity index (χ3v) is 5.30. The Bertz CT molecular complexity index is 927. The molecule has 0 N–H and O–H groups in total. The number of carbonyl (C=O) groups is 1. The van der Waals surface area contributed by atoms with Gasteiger partial charge in [0.1, 0.15) is 5.69 Å². The van der Waals surface area contributed by atoms with Gasteiger partial charge in [-0.3, -0.25) is 14.9 Å². The highest BCUT2D eigenvalue weighted by atomic mass is 16.6. The van der Waals surface area contributed by atoms with Gasteiger partial charge in [0.2, 0.25) is 0 Å². The molecular weight excluding hydrogens is 360 g/mol. The Hall–Kier alpha value is -3.09. The minimum atomic E-state index is -0.412. The van der Waals surface area contributed by atoms with Gasteiger partial charge in [0.05, 0.1) is 24.2 Å². The number of nitrogens with zero attached hydrogens (tertiary/aromatic N) is 2. The van der Waals surface area contributed by atoms with Crippen molar-refractivity contribution < 1.29 is 19.2 Å². The summed E-state index contributed by atoms with van der Waals surface area (Å²) in [6.07, 6.45) is 2.67. The fourth-order valence-corrected chi connectivity index (χ4v) is 3.92. The van der Waals surface area contributed by atoms with Crippen LogP contribution in [0.2, 0.25) is 0 Å². The maximum absolute atomic E-state index is 11.7. The van der Waals surface area contributed by atoms with E-state index in [1.54, 1.807) is 12.1 Å². The Labute approximate surface area is 163 Å². The van der Waals surface area contributed by atoms with Crippen molar-refractivity contribution in [2.45, 2.75) is 32.2 Å². The molecule has 0 aromatic heterocycles. The van der Waals surface area contributed by atoms with E-state index in [4.69, 9.17) is 9.47 Å². The lowest BCUT2D eigenvalue weighted by atomic mass is 10.0. The fraction of sp³-hybridized carbons (Fsp3) is 0.381. The zero-order chi connectivity index (χ0) is 19.7. The fourth-order valence-electron chi connectivity index (χ4n) is 3.92. The Morgan fingerprint density at radius 2 is 1.89 bits per heavy atom. The van der Waals surface area contributed by atoms with E-state index in [0.717, 1.165) is 42.9 Å². The largest absolute Gasteiger partial charge is 0.490 e. The molecule has 2 aliphatic heterocycles. The molecule has 0 bridgehead atoms. The van der Waals surface area contributed by atoms with Crippen LogP contribution in [0.1, 0.15) is 48.1 Å². The standard InChI is InChI=1S/C21H22N2O5/c1-14(24)15-5-7-18(19(12-15)23(25)26)22-9-2-4-17(22)16-6-8-20-21(13-16)28-11-3-10-27-20/h5-8,12-13,17H,2-4,9-11H2,1H3/t17-/m1/s1. The van der Waals surface area contributed by atoms with Crippen LogP contribution >= 0.6 is 0 Å². The van der Waals surface area contributed by atoms with Crippen molar-refractivity contribution in [2.75, 3.05) is 24.7 Å². The number of anilines is 1. The van der Waals surface area contributed by atoms with E-state index in [-0.39, 0.29) is 17.5 Å². The molecule has 0 aliphatic carbocycles. The van der Waals surface area contributed by atoms with Gasteiger partial charge in [0, 0.05) is 24.6 Å². The summed E-state index contributed by atoms with van der Waals surface area (Å²) in [5.74, 6) is 1.28. The third kappa shape index (κ3) is 3.40. The molecule has 1 fully saturated rings. The third-order valence-electron chi connectivity index (χ3n) is 5.30. The van der Waals surface area contributed by atoms with Crippen molar-refractivity contribution >= 4 is 17.2 Å². The molecule has 0 saturated carbocycles. The van der Waals surface area contributed by atoms with Crippen molar-refractivity contribution in [1.82, 2.24) is 0 Å². The van der Waals surface area contributed by atoms with Crippen LogP contribution in [0.3, 0.4) is 0 Å². The summed E-state index contributed by atoms with van der Waals surface area (Å²) in [7, 11) is 0. The van der Waals surface area contributed by atoms with Crippen LogP contribution in [-0.2, 0) is 0 Å². The van der Waals surface area contributed by atoms with Crippen LogP contribution in [0, 0.1) is 10.1 Å². The Balaban J connectivity index is 1.70. The molecule has 2 aromatic carbocycles. The molecule has 146 valence electrons. The quantitative estimate of drug-likeness (QED) is 0.445. The van der Waals surface area contributed by atoms with Gasteiger partial charge in [0.25, 0.3) is 5.69 Å². The van der Waals surface area contributed by atoms with E-state index < -0.39 is 4.92 Å². The molecule has 2 aliphatic rings. The summed E-state index contributed by atoms with van der Waals surface area (Å²) in [6.45, 7) is 3.38. The first-order chi connectivity index (χ1) is 13.5. The lowest BCUT2D eigenvalue weighted by molar-refractivity contribution is -0.384. The van der Waals surface area contributed by atoms with E-state index in [1.165, 1.54) is 13.0 Å². The highest BCUT2D eigenvalue weighted by Crippen LogP contribution is 2.43. The monoisotopic (exact) mass is 382 g/mol. The molecule has 7 nitrogen and oxygen atoms in total. The summed E-state index contributed by atoms with van der Waals surface area (Å²) in [4.78, 5) is 24.9. The minimum Gasteiger partial charge on any atom is -0.490 e.